The second kappa shape index (κ2) is 9.13. The average Bonchev–Trinajstić information content (AvgIpc) is 3.16. The quantitative estimate of drug-likeness (QED) is 0.340. The number of ether oxygens (including phenoxy) is 3. The van der Waals surface area contributed by atoms with Gasteiger partial charge in [0.1, 0.15) is 11.6 Å². The zero-order valence-electron chi connectivity index (χ0n) is 18.5. The Hall–Kier alpha value is -3.47. The van der Waals surface area contributed by atoms with Gasteiger partial charge in [-0.2, -0.15) is 0 Å². The van der Waals surface area contributed by atoms with E-state index in [9.17, 15) is 0 Å². The molecule has 0 fully saturated rings. The number of fused-ring (bicyclic) bond motifs is 1. The summed E-state index contributed by atoms with van der Waals surface area (Å²) in [6, 6.07) is 20.4. The first-order valence-corrected chi connectivity index (χ1v) is 10.5. The van der Waals surface area contributed by atoms with Crippen molar-refractivity contribution in [2.24, 2.45) is 0 Å². The number of hydrogen-bond donors (Lipinski definition) is 0. The summed E-state index contributed by atoms with van der Waals surface area (Å²) in [5.74, 6) is 3.25. The number of para-hydroxylation sites is 2. The van der Waals surface area contributed by atoms with Crippen molar-refractivity contribution >= 4 is 11.0 Å². The van der Waals surface area contributed by atoms with Crippen LogP contribution in [0.2, 0.25) is 0 Å². The van der Waals surface area contributed by atoms with E-state index in [4.69, 9.17) is 19.2 Å². The highest BCUT2D eigenvalue weighted by atomic mass is 16.5. The van der Waals surface area contributed by atoms with E-state index in [0.29, 0.717) is 18.1 Å². The normalized spacial score (nSPS) is 11.0. The molecule has 0 radical (unpaired) electrons. The minimum atomic E-state index is 0.641. The third-order valence-electron chi connectivity index (χ3n) is 5.41. The predicted molar refractivity (Wildman–Crippen MR) is 124 cm³/mol. The van der Waals surface area contributed by atoms with E-state index in [2.05, 4.69) is 36.6 Å². The Kier molecular flexibility index (Phi) is 6.12. The smallest absolute Gasteiger partial charge is 0.161 e. The lowest BCUT2D eigenvalue weighted by atomic mass is 10.1. The highest BCUT2D eigenvalue weighted by Gasteiger charge is 2.15. The Balaban J connectivity index is 1.58. The second-order valence-corrected chi connectivity index (χ2v) is 7.62. The summed E-state index contributed by atoms with van der Waals surface area (Å²) in [4.78, 5) is 4.90. The molecule has 0 atom stereocenters. The molecule has 0 bridgehead atoms. The minimum Gasteiger partial charge on any atom is -0.493 e. The fourth-order valence-electron chi connectivity index (χ4n) is 3.86. The molecular weight excluding hydrogens is 388 g/mol. The van der Waals surface area contributed by atoms with Gasteiger partial charge in [0.05, 0.1) is 31.9 Å². The molecule has 0 saturated carbocycles. The lowest BCUT2D eigenvalue weighted by Gasteiger charge is -2.13. The van der Waals surface area contributed by atoms with E-state index in [1.807, 2.05) is 42.5 Å². The van der Waals surface area contributed by atoms with Crippen molar-refractivity contribution in [2.75, 3.05) is 20.8 Å². The monoisotopic (exact) mass is 416 g/mol. The summed E-state index contributed by atoms with van der Waals surface area (Å²) in [7, 11) is 3.29. The third kappa shape index (κ3) is 4.36. The summed E-state index contributed by atoms with van der Waals surface area (Å²) in [6.45, 7) is 5.62. The van der Waals surface area contributed by atoms with Gasteiger partial charge in [-0.1, -0.05) is 29.8 Å². The van der Waals surface area contributed by atoms with E-state index in [1.165, 1.54) is 11.1 Å². The zero-order chi connectivity index (χ0) is 21.8. The SMILES string of the molecule is COc1ccc(-c2nc3ccccc3n2CCCOc2ccc(C)cc2C)cc1OC. The van der Waals surface area contributed by atoms with Crippen LogP contribution < -0.4 is 14.2 Å². The lowest BCUT2D eigenvalue weighted by Crippen LogP contribution is -2.07. The van der Waals surface area contributed by atoms with Crippen LogP contribution in [0.3, 0.4) is 0 Å². The van der Waals surface area contributed by atoms with Gasteiger partial charge < -0.3 is 18.8 Å². The molecule has 0 unspecified atom stereocenters. The van der Waals surface area contributed by atoms with Gasteiger partial charge >= 0.3 is 0 Å². The van der Waals surface area contributed by atoms with Crippen molar-refractivity contribution in [1.82, 2.24) is 9.55 Å². The Morgan fingerprint density at radius 3 is 2.39 bits per heavy atom. The maximum absolute atomic E-state index is 6.04. The number of benzene rings is 3. The number of methoxy groups -OCH3 is 2. The van der Waals surface area contributed by atoms with Gasteiger partial charge in [-0.25, -0.2) is 4.98 Å². The number of aryl methyl sites for hydroxylation is 3. The van der Waals surface area contributed by atoms with Gasteiger partial charge in [0.15, 0.2) is 11.5 Å². The van der Waals surface area contributed by atoms with Crippen LogP contribution in [0.5, 0.6) is 17.2 Å². The highest BCUT2D eigenvalue weighted by Crippen LogP contribution is 2.33. The van der Waals surface area contributed by atoms with E-state index < -0.39 is 0 Å². The summed E-state index contributed by atoms with van der Waals surface area (Å²) in [5.41, 5.74) is 5.49. The van der Waals surface area contributed by atoms with E-state index >= 15 is 0 Å². The molecule has 1 heterocycles. The number of imidazole rings is 1. The molecule has 4 aromatic rings. The molecule has 0 aliphatic rings. The first kappa shape index (κ1) is 20.8. The van der Waals surface area contributed by atoms with E-state index in [0.717, 1.165) is 41.1 Å². The molecule has 160 valence electrons. The molecule has 0 aliphatic heterocycles. The maximum Gasteiger partial charge on any atom is 0.161 e. The topological polar surface area (TPSA) is 45.5 Å². The standard InChI is InChI=1S/C26H28N2O3/c1-18-10-12-23(19(2)16-18)31-15-7-14-28-22-9-6-5-8-21(22)27-26(28)20-11-13-24(29-3)25(17-20)30-4/h5-6,8-13,16-17H,7,14-15H2,1-4H3. The summed E-state index contributed by atoms with van der Waals surface area (Å²) >= 11 is 0. The van der Waals surface area contributed by atoms with Crippen LogP contribution in [-0.4, -0.2) is 30.4 Å². The van der Waals surface area contributed by atoms with E-state index in [-0.39, 0.29) is 0 Å². The molecular formula is C26H28N2O3. The Morgan fingerprint density at radius 1 is 0.839 bits per heavy atom. The minimum absolute atomic E-state index is 0.641. The van der Waals surface area contributed by atoms with Gasteiger partial charge in [0.25, 0.3) is 0 Å². The molecule has 31 heavy (non-hydrogen) atoms. The Labute approximate surface area is 183 Å². The molecule has 5 nitrogen and oxygen atoms in total. The highest BCUT2D eigenvalue weighted by molar-refractivity contribution is 5.81. The van der Waals surface area contributed by atoms with E-state index in [1.54, 1.807) is 14.2 Å². The van der Waals surface area contributed by atoms with Crippen LogP contribution in [0.15, 0.2) is 60.7 Å². The van der Waals surface area contributed by atoms with Crippen LogP contribution in [-0.2, 0) is 6.54 Å². The molecule has 5 heteroatoms. The summed E-state index contributed by atoms with van der Waals surface area (Å²) < 4.78 is 19.2. The summed E-state index contributed by atoms with van der Waals surface area (Å²) in [5, 5.41) is 0. The summed E-state index contributed by atoms with van der Waals surface area (Å²) in [6.07, 6.45) is 0.869. The van der Waals surface area contributed by atoms with Gasteiger partial charge in [-0.15, -0.1) is 0 Å². The lowest BCUT2D eigenvalue weighted by molar-refractivity contribution is 0.301. The molecule has 1 aromatic heterocycles. The fourth-order valence-corrected chi connectivity index (χ4v) is 3.86. The largest absolute Gasteiger partial charge is 0.493 e. The van der Waals surface area contributed by atoms with Gasteiger partial charge in [0.2, 0.25) is 0 Å². The first-order chi connectivity index (χ1) is 15.1. The number of nitrogens with zero attached hydrogens (tertiary/aromatic N) is 2. The molecule has 0 spiro atoms. The van der Waals surface area contributed by atoms with Crippen molar-refractivity contribution in [2.45, 2.75) is 26.8 Å². The third-order valence-corrected chi connectivity index (χ3v) is 5.41. The molecule has 0 aliphatic carbocycles. The van der Waals surface area contributed by atoms with Crippen molar-refractivity contribution in [3.05, 3.63) is 71.8 Å². The zero-order valence-corrected chi connectivity index (χ0v) is 18.5. The predicted octanol–water partition coefficient (Wildman–Crippen LogP) is 5.81. The van der Waals surface area contributed by atoms with Crippen molar-refractivity contribution < 1.29 is 14.2 Å². The maximum atomic E-state index is 6.04. The van der Waals surface area contributed by atoms with Crippen LogP contribution in [0.4, 0.5) is 0 Å². The number of hydrogen-bond acceptors (Lipinski definition) is 4. The van der Waals surface area contributed by atoms with Gasteiger partial charge in [-0.3, -0.25) is 0 Å². The number of rotatable bonds is 8. The van der Waals surface area contributed by atoms with Crippen LogP contribution in [0.1, 0.15) is 17.5 Å². The second-order valence-electron chi connectivity index (χ2n) is 7.62. The molecule has 0 saturated heterocycles. The van der Waals surface area contributed by atoms with Crippen molar-refractivity contribution in [3.63, 3.8) is 0 Å². The fraction of sp³-hybridized carbons (Fsp3) is 0.269. The van der Waals surface area contributed by atoms with Gasteiger partial charge in [-0.05, 0) is 62.2 Å². The average molecular weight is 417 g/mol. The molecule has 0 amide bonds. The number of aromatic nitrogens is 2. The Bertz CT molecular complexity index is 1200. The Morgan fingerprint density at radius 2 is 1.61 bits per heavy atom. The van der Waals surface area contributed by atoms with Crippen LogP contribution >= 0.6 is 0 Å². The van der Waals surface area contributed by atoms with Crippen molar-refractivity contribution in [1.29, 1.82) is 0 Å². The van der Waals surface area contributed by atoms with Crippen LogP contribution in [0.25, 0.3) is 22.4 Å². The molecule has 0 N–H and O–H groups in total. The first-order valence-electron chi connectivity index (χ1n) is 10.5. The molecule has 4 rings (SSSR count). The molecule has 3 aromatic carbocycles. The van der Waals surface area contributed by atoms with Crippen LogP contribution in [0, 0.1) is 13.8 Å². The van der Waals surface area contributed by atoms with Crippen molar-refractivity contribution in [3.8, 4) is 28.6 Å². The van der Waals surface area contributed by atoms with Gasteiger partial charge in [0, 0.05) is 12.1 Å².